The Balaban J connectivity index is 1.21. The van der Waals surface area contributed by atoms with Crippen molar-refractivity contribution >= 4 is 29.2 Å². The molecule has 0 saturated carbocycles. The fourth-order valence-corrected chi connectivity index (χ4v) is 4.31. The van der Waals surface area contributed by atoms with Crippen molar-refractivity contribution in [3.63, 3.8) is 0 Å². The van der Waals surface area contributed by atoms with E-state index in [2.05, 4.69) is 56.7 Å². The Morgan fingerprint density at radius 3 is 2.78 bits per heavy atom. The van der Waals surface area contributed by atoms with Crippen LogP contribution in [0.4, 0.5) is 23.1 Å². The highest BCUT2D eigenvalue weighted by Crippen LogP contribution is 2.28. The maximum atomic E-state index is 5.95. The SMILES string of the molecule is CC1=Cc2cc(Nc3ccnc(Nc4cccc(OCCN5CCCC5)c4)n3)ccc2C1. The van der Waals surface area contributed by atoms with Gasteiger partial charge in [0, 0.05) is 30.2 Å². The van der Waals surface area contributed by atoms with Gasteiger partial charge in [0.1, 0.15) is 18.2 Å². The van der Waals surface area contributed by atoms with Gasteiger partial charge in [0.2, 0.25) is 5.95 Å². The van der Waals surface area contributed by atoms with Crippen LogP contribution in [-0.2, 0) is 6.42 Å². The van der Waals surface area contributed by atoms with Crippen LogP contribution in [0.15, 0.2) is 60.3 Å². The summed E-state index contributed by atoms with van der Waals surface area (Å²) >= 11 is 0. The molecule has 2 N–H and O–H groups in total. The molecule has 1 fully saturated rings. The molecule has 1 aliphatic heterocycles. The molecule has 1 aromatic heterocycles. The summed E-state index contributed by atoms with van der Waals surface area (Å²) in [5.41, 5.74) is 5.97. The van der Waals surface area contributed by atoms with Crippen LogP contribution < -0.4 is 15.4 Å². The summed E-state index contributed by atoms with van der Waals surface area (Å²) in [7, 11) is 0. The average Bonchev–Trinajstić information content (AvgIpc) is 3.43. The van der Waals surface area contributed by atoms with Crippen LogP contribution in [0.3, 0.4) is 0 Å². The third kappa shape index (κ3) is 5.08. The van der Waals surface area contributed by atoms with Gasteiger partial charge in [-0.2, -0.15) is 4.98 Å². The van der Waals surface area contributed by atoms with E-state index in [1.165, 1.54) is 42.6 Å². The van der Waals surface area contributed by atoms with E-state index in [1.54, 1.807) is 6.20 Å². The third-order valence-electron chi connectivity index (χ3n) is 5.91. The first-order valence-electron chi connectivity index (χ1n) is 11.3. The zero-order chi connectivity index (χ0) is 21.8. The van der Waals surface area contributed by atoms with Crippen LogP contribution in [-0.4, -0.2) is 41.1 Å². The quantitative estimate of drug-likeness (QED) is 0.502. The fourth-order valence-electron chi connectivity index (χ4n) is 4.31. The summed E-state index contributed by atoms with van der Waals surface area (Å²) in [6, 6.07) is 16.3. The van der Waals surface area contributed by atoms with Gasteiger partial charge in [-0.25, -0.2) is 4.98 Å². The predicted molar refractivity (Wildman–Crippen MR) is 130 cm³/mol. The highest BCUT2D eigenvalue weighted by molar-refractivity contribution is 5.70. The molecule has 0 atom stereocenters. The van der Waals surface area contributed by atoms with Gasteiger partial charge in [0.25, 0.3) is 0 Å². The van der Waals surface area contributed by atoms with Crippen molar-refractivity contribution in [1.82, 2.24) is 14.9 Å². The van der Waals surface area contributed by atoms with Crippen molar-refractivity contribution in [3.8, 4) is 5.75 Å². The van der Waals surface area contributed by atoms with Crippen molar-refractivity contribution in [1.29, 1.82) is 0 Å². The number of ether oxygens (including phenoxy) is 1. The number of nitrogens with one attached hydrogen (secondary N) is 2. The van der Waals surface area contributed by atoms with E-state index in [0.29, 0.717) is 12.6 Å². The van der Waals surface area contributed by atoms with Gasteiger partial charge in [-0.3, -0.25) is 4.90 Å². The average molecular weight is 428 g/mol. The standard InChI is InChI=1S/C26H29N5O/c1-19-15-20-7-8-23(17-21(20)16-19)28-25-9-10-27-26(30-25)29-22-5-4-6-24(18-22)32-14-13-31-11-2-3-12-31/h4-10,16-18H,2-3,11-15H2,1H3,(H2,27,28,29,30). The normalized spacial score (nSPS) is 15.3. The van der Waals surface area contributed by atoms with Gasteiger partial charge >= 0.3 is 0 Å². The maximum Gasteiger partial charge on any atom is 0.229 e. The van der Waals surface area contributed by atoms with Gasteiger partial charge in [-0.05, 0) is 80.7 Å². The Morgan fingerprint density at radius 2 is 1.88 bits per heavy atom. The minimum Gasteiger partial charge on any atom is -0.492 e. The summed E-state index contributed by atoms with van der Waals surface area (Å²) in [5, 5.41) is 6.68. The summed E-state index contributed by atoms with van der Waals surface area (Å²) in [5.74, 6) is 2.14. The molecule has 3 aromatic rings. The second-order valence-corrected chi connectivity index (χ2v) is 8.52. The predicted octanol–water partition coefficient (Wildman–Crippen LogP) is 5.40. The first-order valence-corrected chi connectivity index (χ1v) is 11.3. The molecule has 1 aliphatic carbocycles. The number of allylic oxidation sites excluding steroid dienone is 1. The molecular weight excluding hydrogens is 398 g/mol. The topological polar surface area (TPSA) is 62.3 Å². The number of benzene rings is 2. The Hall–Kier alpha value is -3.38. The number of aromatic nitrogens is 2. The first kappa shape index (κ1) is 20.5. The molecule has 6 heteroatoms. The Labute approximate surface area is 189 Å². The van der Waals surface area contributed by atoms with Crippen LogP contribution in [0.5, 0.6) is 5.75 Å². The molecule has 2 aromatic carbocycles. The molecule has 0 radical (unpaired) electrons. The Kier molecular flexibility index (Phi) is 6.03. The van der Waals surface area contributed by atoms with Gasteiger partial charge in [-0.1, -0.05) is 23.8 Å². The lowest BCUT2D eigenvalue weighted by Crippen LogP contribution is -2.25. The van der Waals surface area contributed by atoms with Gasteiger partial charge in [0.15, 0.2) is 0 Å². The van der Waals surface area contributed by atoms with E-state index in [1.807, 2.05) is 30.3 Å². The molecule has 1 saturated heterocycles. The molecule has 5 rings (SSSR count). The summed E-state index contributed by atoms with van der Waals surface area (Å²) in [6.07, 6.45) is 7.64. The lowest BCUT2D eigenvalue weighted by Gasteiger charge is -2.15. The molecule has 164 valence electrons. The minimum absolute atomic E-state index is 0.543. The molecule has 0 unspecified atom stereocenters. The number of likely N-dealkylation sites (tertiary alicyclic amines) is 1. The molecule has 0 bridgehead atoms. The zero-order valence-electron chi connectivity index (χ0n) is 18.5. The van der Waals surface area contributed by atoms with Crippen molar-refractivity contribution in [3.05, 3.63) is 71.4 Å². The van der Waals surface area contributed by atoms with Crippen LogP contribution in [0.25, 0.3) is 6.08 Å². The highest BCUT2D eigenvalue weighted by Gasteiger charge is 2.12. The van der Waals surface area contributed by atoms with Gasteiger partial charge in [0.05, 0.1) is 0 Å². The van der Waals surface area contributed by atoms with E-state index in [-0.39, 0.29) is 0 Å². The van der Waals surface area contributed by atoms with E-state index < -0.39 is 0 Å². The van der Waals surface area contributed by atoms with E-state index in [4.69, 9.17) is 4.74 Å². The highest BCUT2D eigenvalue weighted by atomic mass is 16.5. The number of fused-ring (bicyclic) bond motifs is 1. The fraction of sp³-hybridized carbons (Fsp3) is 0.308. The minimum atomic E-state index is 0.543. The van der Waals surface area contributed by atoms with E-state index in [9.17, 15) is 0 Å². The molecule has 2 aliphatic rings. The third-order valence-corrected chi connectivity index (χ3v) is 5.91. The van der Waals surface area contributed by atoms with Crippen molar-refractivity contribution in [2.45, 2.75) is 26.2 Å². The summed E-state index contributed by atoms with van der Waals surface area (Å²) < 4.78 is 5.95. The van der Waals surface area contributed by atoms with Crippen LogP contribution in [0, 0.1) is 0 Å². The molecule has 0 amide bonds. The van der Waals surface area contributed by atoms with Crippen LogP contribution in [0.1, 0.15) is 30.9 Å². The van der Waals surface area contributed by atoms with Crippen molar-refractivity contribution < 1.29 is 4.74 Å². The molecule has 6 nitrogen and oxygen atoms in total. The monoisotopic (exact) mass is 427 g/mol. The van der Waals surface area contributed by atoms with Gasteiger partial charge < -0.3 is 15.4 Å². The molecule has 32 heavy (non-hydrogen) atoms. The first-order chi connectivity index (χ1) is 15.7. The molecule has 0 spiro atoms. The van der Waals surface area contributed by atoms with E-state index in [0.717, 1.165) is 35.9 Å². The second kappa shape index (κ2) is 9.40. The Morgan fingerprint density at radius 1 is 1.00 bits per heavy atom. The number of nitrogens with zero attached hydrogens (tertiary/aromatic N) is 3. The maximum absolute atomic E-state index is 5.95. The largest absolute Gasteiger partial charge is 0.492 e. The van der Waals surface area contributed by atoms with Crippen molar-refractivity contribution in [2.75, 3.05) is 36.9 Å². The number of hydrogen-bond donors (Lipinski definition) is 2. The summed E-state index contributed by atoms with van der Waals surface area (Å²) in [4.78, 5) is 11.4. The van der Waals surface area contributed by atoms with Crippen LogP contribution in [0.2, 0.25) is 0 Å². The zero-order valence-corrected chi connectivity index (χ0v) is 18.5. The smallest absolute Gasteiger partial charge is 0.229 e. The summed E-state index contributed by atoms with van der Waals surface area (Å²) in [6.45, 7) is 6.23. The van der Waals surface area contributed by atoms with Crippen molar-refractivity contribution in [2.24, 2.45) is 0 Å². The number of rotatable bonds is 8. The lowest BCUT2D eigenvalue weighted by atomic mass is 10.1. The van der Waals surface area contributed by atoms with Gasteiger partial charge in [-0.15, -0.1) is 0 Å². The second-order valence-electron chi connectivity index (χ2n) is 8.52. The Bertz CT molecular complexity index is 1120. The van der Waals surface area contributed by atoms with E-state index >= 15 is 0 Å². The number of hydrogen-bond acceptors (Lipinski definition) is 6. The number of anilines is 4. The molecular formula is C26H29N5O. The van der Waals surface area contributed by atoms with Crippen LogP contribution >= 0.6 is 0 Å². The lowest BCUT2D eigenvalue weighted by molar-refractivity contribution is 0.238. The molecule has 2 heterocycles.